The van der Waals surface area contributed by atoms with Gasteiger partial charge in [0.15, 0.2) is 11.6 Å². The second-order valence-corrected chi connectivity index (χ2v) is 4.83. The molecule has 2 unspecified atom stereocenters. The minimum atomic E-state index is -1.37. The highest BCUT2D eigenvalue weighted by molar-refractivity contribution is 5.98. The van der Waals surface area contributed by atoms with Gasteiger partial charge in [-0.25, -0.2) is 8.78 Å². The molecule has 1 aliphatic rings. The number of ether oxygens (including phenoxy) is 1. The predicted octanol–water partition coefficient (Wildman–Crippen LogP) is 2.17. The van der Waals surface area contributed by atoms with Crippen LogP contribution >= 0.6 is 0 Å². The van der Waals surface area contributed by atoms with Crippen molar-refractivity contribution in [3.63, 3.8) is 0 Å². The lowest BCUT2D eigenvalue weighted by Gasteiger charge is -2.19. The van der Waals surface area contributed by atoms with Gasteiger partial charge in [0, 0.05) is 7.11 Å². The molecule has 1 aromatic rings. The molecule has 1 fully saturated rings. The molecule has 0 bridgehead atoms. The van der Waals surface area contributed by atoms with E-state index in [0.717, 1.165) is 12.8 Å². The SMILES string of the molecule is COC1CCCC1NC(=O)c1cc(F)c(F)cc1[N+](=O)[O-]. The maximum Gasteiger partial charge on any atom is 0.285 e. The highest BCUT2D eigenvalue weighted by atomic mass is 19.2. The quantitative estimate of drug-likeness (QED) is 0.682. The smallest absolute Gasteiger partial charge is 0.285 e. The van der Waals surface area contributed by atoms with Crippen molar-refractivity contribution in [2.45, 2.75) is 31.4 Å². The summed E-state index contributed by atoms with van der Waals surface area (Å²) in [5.74, 6) is -3.48. The molecule has 1 amide bonds. The van der Waals surface area contributed by atoms with Gasteiger partial charge in [-0.3, -0.25) is 14.9 Å². The fraction of sp³-hybridized carbons (Fsp3) is 0.462. The molecule has 2 atom stereocenters. The fourth-order valence-corrected chi connectivity index (χ4v) is 2.49. The predicted molar refractivity (Wildman–Crippen MR) is 68.9 cm³/mol. The largest absolute Gasteiger partial charge is 0.379 e. The molecule has 21 heavy (non-hydrogen) atoms. The summed E-state index contributed by atoms with van der Waals surface area (Å²) in [6, 6.07) is 0.655. The van der Waals surface area contributed by atoms with Crippen molar-refractivity contribution in [3.05, 3.63) is 39.4 Å². The van der Waals surface area contributed by atoms with E-state index in [2.05, 4.69) is 5.32 Å². The molecule has 114 valence electrons. The van der Waals surface area contributed by atoms with Gasteiger partial charge in [0.25, 0.3) is 11.6 Å². The number of benzene rings is 1. The van der Waals surface area contributed by atoms with Crippen molar-refractivity contribution in [1.29, 1.82) is 0 Å². The summed E-state index contributed by atoms with van der Waals surface area (Å²) in [7, 11) is 1.51. The van der Waals surface area contributed by atoms with Crippen LogP contribution < -0.4 is 5.32 Å². The number of methoxy groups -OCH3 is 1. The Morgan fingerprint density at radius 3 is 2.67 bits per heavy atom. The summed E-state index contributed by atoms with van der Waals surface area (Å²) in [5, 5.41) is 13.4. The summed E-state index contributed by atoms with van der Waals surface area (Å²) in [6.07, 6.45) is 2.10. The molecule has 1 N–H and O–H groups in total. The van der Waals surface area contributed by atoms with Gasteiger partial charge >= 0.3 is 0 Å². The van der Waals surface area contributed by atoms with Crippen molar-refractivity contribution in [3.8, 4) is 0 Å². The lowest BCUT2D eigenvalue weighted by atomic mass is 10.1. The number of nitrogens with zero attached hydrogens (tertiary/aromatic N) is 1. The third-order valence-corrected chi connectivity index (χ3v) is 3.55. The first kappa shape index (κ1) is 15.3. The van der Waals surface area contributed by atoms with Gasteiger partial charge < -0.3 is 10.1 Å². The Kier molecular flexibility index (Phi) is 4.46. The van der Waals surface area contributed by atoms with E-state index in [4.69, 9.17) is 4.74 Å². The van der Waals surface area contributed by atoms with Crippen LogP contribution in [0.25, 0.3) is 0 Å². The average molecular weight is 300 g/mol. The molecule has 0 aliphatic heterocycles. The molecule has 8 heteroatoms. The summed E-state index contributed by atoms with van der Waals surface area (Å²) in [4.78, 5) is 22.0. The Morgan fingerprint density at radius 2 is 2.05 bits per heavy atom. The second-order valence-electron chi connectivity index (χ2n) is 4.83. The molecule has 0 saturated heterocycles. The van der Waals surface area contributed by atoms with Gasteiger partial charge in [-0.1, -0.05) is 0 Å². The lowest BCUT2D eigenvalue weighted by molar-refractivity contribution is -0.385. The van der Waals surface area contributed by atoms with Crippen LogP contribution in [0, 0.1) is 21.7 Å². The van der Waals surface area contributed by atoms with E-state index in [1.165, 1.54) is 7.11 Å². The topological polar surface area (TPSA) is 81.5 Å². The van der Waals surface area contributed by atoms with E-state index in [1.807, 2.05) is 0 Å². The molecule has 6 nitrogen and oxygen atoms in total. The molecule has 0 aromatic heterocycles. The highest BCUT2D eigenvalue weighted by Crippen LogP contribution is 2.25. The Morgan fingerprint density at radius 1 is 1.38 bits per heavy atom. The standard InChI is InChI=1S/C13H14F2N2O4/c1-21-12-4-2-3-10(12)16-13(18)7-5-8(14)9(15)6-11(7)17(19)20/h5-6,10,12H,2-4H2,1H3,(H,16,18). The number of carbonyl (C=O) groups excluding carboxylic acids is 1. The van der Waals surface area contributed by atoms with E-state index in [-0.39, 0.29) is 12.1 Å². The van der Waals surface area contributed by atoms with Crippen LogP contribution in [0.15, 0.2) is 12.1 Å². The highest BCUT2D eigenvalue weighted by Gasteiger charge is 2.31. The number of hydrogen-bond donors (Lipinski definition) is 1. The van der Waals surface area contributed by atoms with E-state index < -0.39 is 33.7 Å². The number of halogens is 2. The third-order valence-electron chi connectivity index (χ3n) is 3.55. The van der Waals surface area contributed by atoms with Crippen molar-refractivity contribution in [2.75, 3.05) is 7.11 Å². The molecular weight excluding hydrogens is 286 g/mol. The van der Waals surface area contributed by atoms with Crippen LogP contribution in [0.5, 0.6) is 0 Å². The van der Waals surface area contributed by atoms with Crippen LogP contribution in [0.1, 0.15) is 29.6 Å². The lowest BCUT2D eigenvalue weighted by Crippen LogP contribution is -2.41. The summed E-state index contributed by atoms with van der Waals surface area (Å²) in [5.41, 5.74) is -1.26. The van der Waals surface area contributed by atoms with Gasteiger partial charge in [-0.15, -0.1) is 0 Å². The summed E-state index contributed by atoms with van der Waals surface area (Å²) >= 11 is 0. The maximum absolute atomic E-state index is 13.2. The monoisotopic (exact) mass is 300 g/mol. The van der Waals surface area contributed by atoms with E-state index >= 15 is 0 Å². The number of nitro benzene ring substituents is 1. The summed E-state index contributed by atoms with van der Waals surface area (Å²) in [6.45, 7) is 0. The zero-order valence-electron chi connectivity index (χ0n) is 11.3. The van der Waals surface area contributed by atoms with Crippen molar-refractivity contribution >= 4 is 11.6 Å². The van der Waals surface area contributed by atoms with Crippen LogP contribution in [0.3, 0.4) is 0 Å². The molecule has 0 radical (unpaired) electrons. The third kappa shape index (κ3) is 3.15. The molecule has 1 aliphatic carbocycles. The molecule has 0 heterocycles. The van der Waals surface area contributed by atoms with Crippen molar-refractivity contribution < 1.29 is 23.2 Å². The number of hydrogen-bond acceptors (Lipinski definition) is 4. The van der Waals surface area contributed by atoms with Gasteiger partial charge in [0.2, 0.25) is 0 Å². The van der Waals surface area contributed by atoms with Gasteiger partial charge in [0.1, 0.15) is 5.56 Å². The minimum Gasteiger partial charge on any atom is -0.379 e. The van der Waals surface area contributed by atoms with E-state index in [0.29, 0.717) is 18.6 Å². The van der Waals surface area contributed by atoms with Crippen LogP contribution in [-0.4, -0.2) is 30.1 Å². The minimum absolute atomic E-state index is 0.182. The van der Waals surface area contributed by atoms with Crippen molar-refractivity contribution in [1.82, 2.24) is 5.32 Å². The number of nitrogens with one attached hydrogen (secondary N) is 1. The number of carbonyl (C=O) groups is 1. The zero-order valence-corrected chi connectivity index (χ0v) is 11.3. The Bertz CT molecular complexity index is 580. The molecular formula is C13H14F2N2O4. The van der Waals surface area contributed by atoms with E-state index in [9.17, 15) is 23.7 Å². The molecule has 1 aromatic carbocycles. The number of rotatable bonds is 4. The first-order valence-corrected chi connectivity index (χ1v) is 6.41. The average Bonchev–Trinajstić information content (AvgIpc) is 2.88. The first-order chi connectivity index (χ1) is 9.93. The maximum atomic E-state index is 13.2. The van der Waals surface area contributed by atoms with Gasteiger partial charge in [-0.05, 0) is 25.3 Å². The molecule has 0 spiro atoms. The molecule has 2 rings (SSSR count). The molecule has 1 saturated carbocycles. The number of amides is 1. The van der Waals surface area contributed by atoms with Gasteiger partial charge in [-0.2, -0.15) is 0 Å². The van der Waals surface area contributed by atoms with Crippen LogP contribution in [0.4, 0.5) is 14.5 Å². The Hall–Kier alpha value is -2.09. The zero-order chi connectivity index (χ0) is 15.6. The van der Waals surface area contributed by atoms with Crippen LogP contribution in [0.2, 0.25) is 0 Å². The fourth-order valence-electron chi connectivity index (χ4n) is 2.49. The first-order valence-electron chi connectivity index (χ1n) is 6.41. The second kappa shape index (κ2) is 6.13. The summed E-state index contributed by atoms with van der Waals surface area (Å²) < 4.78 is 31.5. The van der Waals surface area contributed by atoms with Crippen molar-refractivity contribution in [2.24, 2.45) is 0 Å². The van der Waals surface area contributed by atoms with Crippen LogP contribution in [-0.2, 0) is 4.74 Å². The van der Waals surface area contributed by atoms with E-state index in [1.54, 1.807) is 0 Å². The van der Waals surface area contributed by atoms with Gasteiger partial charge in [0.05, 0.1) is 23.1 Å². The Balaban J connectivity index is 2.26. The normalized spacial score (nSPS) is 21.3. The number of nitro groups is 1. The Labute approximate surface area is 119 Å².